The molecule has 2 aromatic rings. The van der Waals surface area contributed by atoms with Crippen molar-refractivity contribution in [2.45, 2.75) is 18.3 Å². The van der Waals surface area contributed by atoms with Gasteiger partial charge in [0.15, 0.2) is 11.5 Å². The number of carbonyl (C=O) groups is 1. The van der Waals surface area contributed by atoms with Crippen molar-refractivity contribution >= 4 is 11.7 Å². The van der Waals surface area contributed by atoms with E-state index in [2.05, 4.69) is 44.7 Å². The Kier molecular flexibility index (Phi) is 4.76. The molecule has 1 aliphatic rings. The van der Waals surface area contributed by atoms with Crippen LogP contribution in [0, 0.1) is 0 Å². The number of nitrogens with two attached hydrogens (primary N) is 1. The Morgan fingerprint density at radius 2 is 1.88 bits per heavy atom. The van der Waals surface area contributed by atoms with Gasteiger partial charge < -0.3 is 16.0 Å². The predicted molar refractivity (Wildman–Crippen MR) is 94.0 cm³/mol. The number of rotatable bonds is 4. The van der Waals surface area contributed by atoms with E-state index in [1.165, 1.54) is 5.56 Å². The molecule has 1 fully saturated rings. The zero-order valence-corrected chi connectivity index (χ0v) is 13.9. The highest BCUT2D eigenvalue weighted by atomic mass is 16.1. The molecule has 3 rings (SSSR count). The van der Waals surface area contributed by atoms with Gasteiger partial charge in [0.2, 0.25) is 0 Å². The van der Waals surface area contributed by atoms with Crippen LogP contribution in [0.3, 0.4) is 0 Å². The van der Waals surface area contributed by atoms with Gasteiger partial charge in [0.05, 0.1) is 0 Å². The van der Waals surface area contributed by atoms with Gasteiger partial charge >= 0.3 is 0 Å². The Labute approximate surface area is 142 Å². The largest absolute Gasteiger partial charge is 0.355 e. The second kappa shape index (κ2) is 6.97. The molecule has 0 saturated carbocycles. The smallest absolute Gasteiger partial charge is 0.271 e. The summed E-state index contributed by atoms with van der Waals surface area (Å²) in [4.78, 5) is 13.7. The summed E-state index contributed by atoms with van der Waals surface area (Å²) in [5.74, 6) is 0.584. The lowest BCUT2D eigenvalue weighted by Crippen LogP contribution is -2.47. The zero-order valence-electron chi connectivity index (χ0n) is 13.9. The molecule has 126 valence electrons. The maximum atomic E-state index is 11.5. The number of piperidine rings is 1. The normalized spacial score (nSPS) is 16.7. The first-order chi connectivity index (χ1) is 11.7. The van der Waals surface area contributed by atoms with Gasteiger partial charge in [0, 0.05) is 32.1 Å². The van der Waals surface area contributed by atoms with E-state index in [1.54, 1.807) is 13.1 Å². The van der Waals surface area contributed by atoms with Crippen molar-refractivity contribution in [1.29, 1.82) is 0 Å². The van der Waals surface area contributed by atoms with Crippen molar-refractivity contribution in [2.24, 2.45) is 5.73 Å². The lowest BCUT2D eigenvalue weighted by Gasteiger charge is -2.42. The molecule has 1 saturated heterocycles. The number of benzene rings is 1. The fraction of sp³-hybridized carbons (Fsp3) is 0.389. The van der Waals surface area contributed by atoms with Crippen LogP contribution in [-0.2, 0) is 5.41 Å². The highest BCUT2D eigenvalue weighted by Gasteiger charge is 2.35. The maximum Gasteiger partial charge on any atom is 0.271 e. The first-order valence-electron chi connectivity index (χ1n) is 8.25. The third-order valence-corrected chi connectivity index (χ3v) is 4.93. The Balaban J connectivity index is 1.71. The average molecular weight is 325 g/mol. The quantitative estimate of drug-likeness (QED) is 0.886. The van der Waals surface area contributed by atoms with Crippen LogP contribution in [-0.4, -0.2) is 42.8 Å². The summed E-state index contributed by atoms with van der Waals surface area (Å²) >= 11 is 0. The SMILES string of the molecule is CNC(=O)c1ccc(N2CCC(CN)(c3ccccc3)CC2)nn1. The lowest BCUT2D eigenvalue weighted by molar-refractivity contribution is 0.0957. The summed E-state index contributed by atoms with van der Waals surface area (Å²) in [6.07, 6.45) is 1.96. The molecule has 0 radical (unpaired) electrons. The molecule has 6 heteroatoms. The molecule has 0 atom stereocenters. The first kappa shape index (κ1) is 16.4. The van der Waals surface area contributed by atoms with Crippen LogP contribution in [0.4, 0.5) is 5.82 Å². The third-order valence-electron chi connectivity index (χ3n) is 4.93. The summed E-state index contributed by atoms with van der Waals surface area (Å²) in [7, 11) is 1.58. The van der Waals surface area contributed by atoms with Crippen LogP contribution in [0.1, 0.15) is 28.9 Å². The first-order valence-corrected chi connectivity index (χ1v) is 8.25. The molecule has 1 amide bonds. The van der Waals surface area contributed by atoms with E-state index >= 15 is 0 Å². The van der Waals surface area contributed by atoms with E-state index in [0.29, 0.717) is 12.2 Å². The number of nitrogens with zero attached hydrogens (tertiary/aromatic N) is 3. The standard InChI is InChI=1S/C18H23N5O/c1-20-17(24)15-7-8-16(22-21-15)23-11-9-18(13-19,10-12-23)14-5-3-2-4-6-14/h2-8H,9-13,19H2,1H3,(H,20,24). The Hall–Kier alpha value is -2.47. The third kappa shape index (κ3) is 3.10. The van der Waals surface area contributed by atoms with Gasteiger partial charge in [-0.1, -0.05) is 30.3 Å². The minimum absolute atomic E-state index is 0.0349. The van der Waals surface area contributed by atoms with E-state index < -0.39 is 0 Å². The van der Waals surface area contributed by atoms with Crippen molar-refractivity contribution in [1.82, 2.24) is 15.5 Å². The Bertz CT molecular complexity index is 678. The fourth-order valence-corrected chi connectivity index (χ4v) is 3.31. The molecule has 0 unspecified atom stereocenters. The minimum atomic E-state index is -0.223. The molecule has 1 aliphatic heterocycles. The molecular weight excluding hydrogens is 302 g/mol. The van der Waals surface area contributed by atoms with E-state index in [1.807, 2.05) is 12.1 Å². The van der Waals surface area contributed by atoms with Crippen LogP contribution in [0.25, 0.3) is 0 Å². The van der Waals surface area contributed by atoms with Crippen molar-refractivity contribution < 1.29 is 4.79 Å². The average Bonchev–Trinajstić information content (AvgIpc) is 2.68. The number of hydrogen-bond acceptors (Lipinski definition) is 5. The van der Waals surface area contributed by atoms with Crippen LogP contribution in [0.5, 0.6) is 0 Å². The van der Waals surface area contributed by atoms with Gasteiger partial charge in [-0.15, -0.1) is 10.2 Å². The topological polar surface area (TPSA) is 84.1 Å². The molecule has 0 bridgehead atoms. The number of anilines is 1. The van der Waals surface area contributed by atoms with Crippen LogP contribution in [0.15, 0.2) is 42.5 Å². The van der Waals surface area contributed by atoms with Gasteiger partial charge in [0.25, 0.3) is 5.91 Å². The summed E-state index contributed by atoms with van der Waals surface area (Å²) in [6, 6.07) is 14.1. The van der Waals surface area contributed by atoms with E-state index in [4.69, 9.17) is 5.73 Å². The Morgan fingerprint density at radius 3 is 2.42 bits per heavy atom. The molecule has 6 nitrogen and oxygen atoms in total. The van der Waals surface area contributed by atoms with Gasteiger partial charge in [0.1, 0.15) is 0 Å². The van der Waals surface area contributed by atoms with Gasteiger partial charge in [-0.2, -0.15) is 0 Å². The van der Waals surface area contributed by atoms with Crippen LogP contribution in [0.2, 0.25) is 0 Å². The fourth-order valence-electron chi connectivity index (χ4n) is 3.31. The number of carbonyl (C=O) groups excluding carboxylic acids is 1. The highest BCUT2D eigenvalue weighted by molar-refractivity contribution is 5.91. The second-order valence-electron chi connectivity index (χ2n) is 6.19. The van der Waals surface area contributed by atoms with Gasteiger partial charge in [-0.05, 0) is 30.5 Å². The van der Waals surface area contributed by atoms with E-state index in [0.717, 1.165) is 31.7 Å². The lowest BCUT2D eigenvalue weighted by atomic mass is 9.73. The summed E-state index contributed by atoms with van der Waals surface area (Å²) < 4.78 is 0. The van der Waals surface area contributed by atoms with E-state index in [-0.39, 0.29) is 11.3 Å². The molecule has 1 aromatic heterocycles. The van der Waals surface area contributed by atoms with Crippen LogP contribution >= 0.6 is 0 Å². The predicted octanol–water partition coefficient (Wildman–Crippen LogP) is 1.33. The van der Waals surface area contributed by atoms with Crippen molar-refractivity contribution in [3.8, 4) is 0 Å². The summed E-state index contributed by atoms with van der Waals surface area (Å²) in [5, 5.41) is 10.8. The number of amides is 1. The van der Waals surface area contributed by atoms with Crippen LogP contribution < -0.4 is 16.0 Å². The number of nitrogens with one attached hydrogen (secondary N) is 1. The van der Waals surface area contributed by atoms with Crippen molar-refractivity contribution in [3.05, 3.63) is 53.7 Å². The van der Waals surface area contributed by atoms with Crippen molar-refractivity contribution in [2.75, 3.05) is 31.6 Å². The van der Waals surface area contributed by atoms with Gasteiger partial charge in [-0.25, -0.2) is 0 Å². The summed E-state index contributed by atoms with van der Waals surface area (Å²) in [5.41, 5.74) is 7.81. The maximum absolute atomic E-state index is 11.5. The Morgan fingerprint density at radius 1 is 1.17 bits per heavy atom. The zero-order chi connectivity index (χ0) is 17.0. The minimum Gasteiger partial charge on any atom is -0.355 e. The molecule has 0 aliphatic carbocycles. The molecule has 24 heavy (non-hydrogen) atoms. The number of aromatic nitrogens is 2. The molecule has 3 N–H and O–H groups in total. The molecule has 0 spiro atoms. The monoisotopic (exact) mass is 325 g/mol. The molecule has 2 heterocycles. The second-order valence-corrected chi connectivity index (χ2v) is 6.19. The van der Waals surface area contributed by atoms with E-state index in [9.17, 15) is 4.79 Å². The number of hydrogen-bond donors (Lipinski definition) is 2. The van der Waals surface area contributed by atoms with Crippen molar-refractivity contribution in [3.63, 3.8) is 0 Å². The van der Waals surface area contributed by atoms with Gasteiger partial charge in [-0.3, -0.25) is 4.79 Å². The highest BCUT2D eigenvalue weighted by Crippen LogP contribution is 2.35. The molecular formula is C18H23N5O. The summed E-state index contributed by atoms with van der Waals surface area (Å²) in [6.45, 7) is 2.40. The molecule has 1 aromatic carbocycles.